The van der Waals surface area contributed by atoms with E-state index in [0.29, 0.717) is 37.6 Å². The van der Waals surface area contributed by atoms with E-state index in [9.17, 15) is 21.6 Å². The van der Waals surface area contributed by atoms with Crippen LogP contribution in [0.15, 0.2) is 52.3 Å². The zero-order valence-electron chi connectivity index (χ0n) is 18.9. The van der Waals surface area contributed by atoms with E-state index in [1.807, 2.05) is 0 Å². The number of aryl methyl sites for hydroxylation is 1. The Labute approximate surface area is 195 Å². The van der Waals surface area contributed by atoms with E-state index >= 15 is 0 Å². The molecule has 0 bridgehead atoms. The van der Waals surface area contributed by atoms with Gasteiger partial charge in [-0.1, -0.05) is 19.9 Å². The lowest BCUT2D eigenvalue weighted by molar-refractivity contribution is 0.0730. The standard InChI is InChI=1S/C22H29N3O6S2/c1-4-24(5-2)32(27,28)20-10-7-18(8-11-20)22(26)23-19-9-6-17(3)21(16-19)33(29,30)25-12-14-31-15-13-25/h6-11,16H,4-5,12-15H2,1-3H3,(H,23,26). The highest BCUT2D eigenvalue weighted by atomic mass is 32.2. The second-order valence-electron chi connectivity index (χ2n) is 7.56. The van der Waals surface area contributed by atoms with Gasteiger partial charge in [0.25, 0.3) is 5.91 Å². The van der Waals surface area contributed by atoms with E-state index in [1.54, 1.807) is 32.9 Å². The molecule has 1 N–H and O–H groups in total. The van der Waals surface area contributed by atoms with E-state index in [2.05, 4.69) is 5.32 Å². The van der Waals surface area contributed by atoms with Crippen molar-refractivity contribution in [2.75, 3.05) is 44.7 Å². The molecule has 2 aromatic rings. The normalized spacial score (nSPS) is 15.5. The lowest BCUT2D eigenvalue weighted by Gasteiger charge is -2.26. The van der Waals surface area contributed by atoms with Gasteiger partial charge in [0, 0.05) is 37.4 Å². The molecular formula is C22H29N3O6S2. The number of anilines is 1. The Balaban J connectivity index is 1.80. The van der Waals surface area contributed by atoms with Gasteiger partial charge in [0.05, 0.1) is 23.0 Å². The first kappa shape index (κ1) is 25.3. The van der Waals surface area contributed by atoms with Gasteiger partial charge in [-0.25, -0.2) is 16.8 Å². The van der Waals surface area contributed by atoms with Crippen LogP contribution in [0.4, 0.5) is 5.69 Å². The summed E-state index contributed by atoms with van der Waals surface area (Å²) in [5, 5.41) is 2.70. The summed E-state index contributed by atoms with van der Waals surface area (Å²) in [4.78, 5) is 13.0. The average molecular weight is 496 g/mol. The van der Waals surface area contributed by atoms with Gasteiger partial charge in [0.15, 0.2) is 0 Å². The quantitative estimate of drug-likeness (QED) is 0.601. The summed E-state index contributed by atoms with van der Waals surface area (Å²) in [6, 6.07) is 10.4. The third-order valence-corrected chi connectivity index (χ3v) is 9.60. The molecule has 1 saturated heterocycles. The van der Waals surface area contributed by atoms with Gasteiger partial charge < -0.3 is 10.1 Å². The van der Waals surface area contributed by atoms with Gasteiger partial charge in [-0.3, -0.25) is 4.79 Å². The van der Waals surface area contributed by atoms with Crippen LogP contribution in [0.2, 0.25) is 0 Å². The highest BCUT2D eigenvalue weighted by Crippen LogP contribution is 2.25. The number of amides is 1. The van der Waals surface area contributed by atoms with E-state index in [1.165, 1.54) is 38.9 Å². The highest BCUT2D eigenvalue weighted by molar-refractivity contribution is 7.89. The van der Waals surface area contributed by atoms with E-state index in [4.69, 9.17) is 4.74 Å². The largest absolute Gasteiger partial charge is 0.379 e. The Hall–Kier alpha value is -2.31. The fourth-order valence-electron chi connectivity index (χ4n) is 3.58. The number of carbonyl (C=O) groups excluding carboxylic acids is 1. The monoisotopic (exact) mass is 495 g/mol. The number of nitrogens with zero attached hydrogens (tertiary/aromatic N) is 2. The molecule has 180 valence electrons. The third-order valence-electron chi connectivity index (χ3n) is 5.49. The smallest absolute Gasteiger partial charge is 0.255 e. The second-order valence-corrected chi connectivity index (χ2v) is 11.4. The molecule has 1 heterocycles. The maximum atomic E-state index is 13.0. The van der Waals surface area contributed by atoms with Crippen molar-refractivity contribution in [1.82, 2.24) is 8.61 Å². The lowest BCUT2D eigenvalue weighted by atomic mass is 10.2. The first-order chi connectivity index (χ1) is 15.6. The molecule has 1 amide bonds. The molecule has 0 unspecified atom stereocenters. The molecule has 0 aromatic heterocycles. The molecule has 0 spiro atoms. The van der Waals surface area contributed by atoms with Crippen LogP contribution < -0.4 is 5.32 Å². The highest BCUT2D eigenvalue weighted by Gasteiger charge is 2.28. The van der Waals surface area contributed by atoms with Crippen molar-refractivity contribution >= 4 is 31.6 Å². The molecule has 0 atom stereocenters. The maximum Gasteiger partial charge on any atom is 0.255 e. The van der Waals surface area contributed by atoms with Crippen molar-refractivity contribution in [1.29, 1.82) is 0 Å². The van der Waals surface area contributed by atoms with Crippen molar-refractivity contribution in [3.63, 3.8) is 0 Å². The van der Waals surface area contributed by atoms with E-state index in [0.717, 1.165) is 0 Å². The molecule has 1 aliphatic heterocycles. The van der Waals surface area contributed by atoms with Crippen LogP contribution in [0, 0.1) is 6.92 Å². The molecule has 1 aliphatic rings. The number of hydrogen-bond donors (Lipinski definition) is 1. The molecule has 9 nitrogen and oxygen atoms in total. The summed E-state index contributed by atoms with van der Waals surface area (Å²) in [6.45, 7) is 7.17. The number of ether oxygens (including phenoxy) is 1. The van der Waals surface area contributed by atoms with Crippen LogP contribution in [0.5, 0.6) is 0 Å². The molecule has 33 heavy (non-hydrogen) atoms. The fourth-order valence-corrected chi connectivity index (χ4v) is 6.69. The van der Waals surface area contributed by atoms with Crippen LogP contribution in [-0.4, -0.2) is 70.7 Å². The molecule has 3 rings (SSSR count). The number of hydrogen-bond acceptors (Lipinski definition) is 6. The van der Waals surface area contributed by atoms with Gasteiger partial charge in [-0.2, -0.15) is 8.61 Å². The molecule has 2 aromatic carbocycles. The number of sulfonamides is 2. The SMILES string of the molecule is CCN(CC)S(=O)(=O)c1ccc(C(=O)Nc2ccc(C)c(S(=O)(=O)N3CCOCC3)c2)cc1. The molecule has 1 fully saturated rings. The van der Waals surface area contributed by atoms with Gasteiger partial charge in [-0.15, -0.1) is 0 Å². The zero-order chi connectivity index (χ0) is 24.2. The van der Waals surface area contributed by atoms with Crippen molar-refractivity contribution in [3.8, 4) is 0 Å². The van der Waals surface area contributed by atoms with Crippen molar-refractivity contribution < 1.29 is 26.4 Å². The minimum atomic E-state index is -3.72. The topological polar surface area (TPSA) is 113 Å². The van der Waals surface area contributed by atoms with Crippen molar-refractivity contribution in [2.45, 2.75) is 30.6 Å². The summed E-state index contributed by atoms with van der Waals surface area (Å²) in [5.41, 5.74) is 1.16. The molecule has 11 heteroatoms. The summed E-state index contributed by atoms with van der Waals surface area (Å²) < 4.78 is 59.3. The number of benzene rings is 2. The molecule has 0 aliphatic carbocycles. The van der Waals surface area contributed by atoms with Crippen molar-refractivity contribution in [2.24, 2.45) is 0 Å². The third kappa shape index (κ3) is 5.44. The zero-order valence-corrected chi connectivity index (χ0v) is 20.6. The predicted molar refractivity (Wildman–Crippen MR) is 125 cm³/mol. The summed E-state index contributed by atoms with van der Waals surface area (Å²) in [7, 11) is -7.34. The van der Waals surface area contributed by atoms with Crippen LogP contribution in [0.3, 0.4) is 0 Å². The van der Waals surface area contributed by atoms with E-state index < -0.39 is 26.0 Å². The first-order valence-electron chi connectivity index (χ1n) is 10.7. The van der Waals surface area contributed by atoms with Crippen LogP contribution in [-0.2, 0) is 24.8 Å². The Morgan fingerprint density at radius 3 is 2.18 bits per heavy atom. The maximum absolute atomic E-state index is 13.0. The van der Waals surface area contributed by atoms with Crippen LogP contribution in [0.25, 0.3) is 0 Å². The number of carbonyl (C=O) groups is 1. The minimum absolute atomic E-state index is 0.108. The Morgan fingerprint density at radius 1 is 1.00 bits per heavy atom. The minimum Gasteiger partial charge on any atom is -0.379 e. The van der Waals surface area contributed by atoms with Gasteiger partial charge in [0.1, 0.15) is 0 Å². The number of morpholine rings is 1. The van der Waals surface area contributed by atoms with Crippen LogP contribution in [0.1, 0.15) is 29.8 Å². The van der Waals surface area contributed by atoms with Gasteiger partial charge >= 0.3 is 0 Å². The predicted octanol–water partition coefficient (Wildman–Crippen LogP) is 2.30. The lowest BCUT2D eigenvalue weighted by Crippen LogP contribution is -2.40. The molecular weight excluding hydrogens is 466 g/mol. The summed E-state index contributed by atoms with van der Waals surface area (Å²) in [5.74, 6) is -0.472. The summed E-state index contributed by atoms with van der Waals surface area (Å²) >= 11 is 0. The Bertz CT molecular complexity index is 1200. The first-order valence-corrected chi connectivity index (χ1v) is 13.6. The number of nitrogens with one attached hydrogen (secondary N) is 1. The van der Waals surface area contributed by atoms with Crippen LogP contribution >= 0.6 is 0 Å². The summed E-state index contributed by atoms with van der Waals surface area (Å²) in [6.07, 6.45) is 0. The molecule has 0 radical (unpaired) electrons. The van der Waals surface area contributed by atoms with Gasteiger partial charge in [-0.05, 0) is 48.9 Å². The Morgan fingerprint density at radius 2 is 1.61 bits per heavy atom. The Kier molecular flexibility index (Phi) is 7.91. The molecule has 0 saturated carbocycles. The fraction of sp³-hybridized carbons (Fsp3) is 0.409. The average Bonchev–Trinajstić information content (AvgIpc) is 2.81. The second kappa shape index (κ2) is 10.3. The van der Waals surface area contributed by atoms with Gasteiger partial charge in [0.2, 0.25) is 20.0 Å². The number of rotatable bonds is 8. The van der Waals surface area contributed by atoms with Crippen molar-refractivity contribution in [3.05, 3.63) is 53.6 Å². The van der Waals surface area contributed by atoms with E-state index in [-0.39, 0.29) is 28.4 Å².